The summed E-state index contributed by atoms with van der Waals surface area (Å²) in [6.07, 6.45) is 9.19. The second kappa shape index (κ2) is 6.58. The Labute approximate surface area is 163 Å². The van der Waals surface area contributed by atoms with Gasteiger partial charge in [-0.05, 0) is 68.1 Å². The number of aromatic nitrogens is 4. The summed E-state index contributed by atoms with van der Waals surface area (Å²) in [5, 5.41) is 9.62. The van der Waals surface area contributed by atoms with E-state index in [2.05, 4.69) is 21.9 Å². The van der Waals surface area contributed by atoms with Gasteiger partial charge in [-0.15, -0.1) is 0 Å². The van der Waals surface area contributed by atoms with Crippen LogP contribution in [0.4, 0.5) is 0 Å². The van der Waals surface area contributed by atoms with Gasteiger partial charge in [0.05, 0.1) is 0 Å². The summed E-state index contributed by atoms with van der Waals surface area (Å²) in [5.74, 6) is 4.26. The molecule has 4 bridgehead atoms. The van der Waals surface area contributed by atoms with Crippen LogP contribution in [0.2, 0.25) is 0 Å². The van der Waals surface area contributed by atoms with Gasteiger partial charge in [0.2, 0.25) is 0 Å². The van der Waals surface area contributed by atoms with Crippen molar-refractivity contribution in [1.29, 1.82) is 0 Å². The van der Waals surface area contributed by atoms with Gasteiger partial charge in [-0.1, -0.05) is 19.8 Å². The second-order valence-electron chi connectivity index (χ2n) is 9.34. The van der Waals surface area contributed by atoms with Crippen LogP contribution in [0.5, 0.6) is 0 Å². The van der Waals surface area contributed by atoms with E-state index in [4.69, 9.17) is 4.98 Å². The first kappa shape index (κ1) is 18.2. The van der Waals surface area contributed by atoms with Crippen molar-refractivity contribution in [1.82, 2.24) is 19.9 Å². The zero-order valence-electron chi connectivity index (χ0n) is 16.5. The summed E-state index contributed by atoms with van der Waals surface area (Å²) >= 11 is 0. The van der Waals surface area contributed by atoms with E-state index in [-0.39, 0.29) is 12.0 Å². The zero-order valence-corrected chi connectivity index (χ0v) is 16.5. The third kappa shape index (κ3) is 2.41. The highest BCUT2D eigenvalue weighted by Crippen LogP contribution is 2.71. The molecule has 4 aliphatic rings. The van der Waals surface area contributed by atoms with Gasteiger partial charge in [0.15, 0.2) is 5.65 Å². The van der Waals surface area contributed by atoms with Crippen molar-refractivity contribution in [3.05, 3.63) is 26.7 Å². The Balaban J connectivity index is 1.65. The molecule has 4 N–H and O–H groups in total. The molecule has 2 heterocycles. The molecular formula is C21H30N4O3. The Morgan fingerprint density at radius 1 is 1.11 bits per heavy atom. The topological polar surface area (TPSA) is 115 Å². The third-order valence-electron chi connectivity index (χ3n) is 8.16. The number of imidazole rings is 1. The predicted octanol–water partition coefficient (Wildman–Crippen LogP) is 2.43. The van der Waals surface area contributed by atoms with Crippen molar-refractivity contribution in [2.24, 2.45) is 29.6 Å². The summed E-state index contributed by atoms with van der Waals surface area (Å²) in [6.45, 7) is 2.43. The Morgan fingerprint density at radius 3 is 2.71 bits per heavy atom. The number of H-pyrrole nitrogens is 3. The Hall–Kier alpha value is -1.89. The summed E-state index contributed by atoms with van der Waals surface area (Å²) in [7, 11) is 0. The summed E-state index contributed by atoms with van der Waals surface area (Å²) in [5.41, 5.74) is -0.323. The molecule has 6 rings (SSSR count). The standard InChI is InChI=1S/C21H30N4O3/c1-2-3-5-12-13-8-11-9-14(12)21(6-4-7-26,15(13)10-11)19-22-16-17(23-19)24-20(28)25-18(16)27/h11-15,26H,2-10H2,1H3,(H3,22,23,24,25,27,28). The monoisotopic (exact) mass is 386 g/mol. The number of rotatable bonds is 7. The lowest BCUT2D eigenvalue weighted by atomic mass is 9.59. The summed E-state index contributed by atoms with van der Waals surface area (Å²) < 4.78 is 0. The van der Waals surface area contributed by atoms with Crippen molar-refractivity contribution in [3.63, 3.8) is 0 Å². The first-order valence-electron chi connectivity index (χ1n) is 10.9. The smallest absolute Gasteiger partial charge is 0.327 e. The Kier molecular flexibility index (Phi) is 4.27. The van der Waals surface area contributed by atoms with E-state index in [0.717, 1.165) is 30.5 Å². The molecule has 152 valence electrons. The average molecular weight is 386 g/mol. The minimum absolute atomic E-state index is 0.110. The van der Waals surface area contributed by atoms with E-state index in [1.165, 1.54) is 38.5 Å². The van der Waals surface area contributed by atoms with Crippen LogP contribution >= 0.6 is 0 Å². The Morgan fingerprint density at radius 2 is 1.93 bits per heavy atom. The molecule has 2 aromatic heterocycles. The van der Waals surface area contributed by atoms with E-state index < -0.39 is 11.2 Å². The van der Waals surface area contributed by atoms with Gasteiger partial charge >= 0.3 is 5.69 Å². The van der Waals surface area contributed by atoms with Crippen molar-refractivity contribution in [3.8, 4) is 0 Å². The maximum absolute atomic E-state index is 12.3. The van der Waals surface area contributed by atoms with Crippen LogP contribution in [0.1, 0.15) is 64.1 Å². The normalized spacial score (nSPS) is 36.0. The van der Waals surface area contributed by atoms with E-state index in [0.29, 0.717) is 28.9 Å². The van der Waals surface area contributed by atoms with Gasteiger partial charge in [0.25, 0.3) is 5.56 Å². The lowest BCUT2D eigenvalue weighted by Crippen LogP contribution is -2.43. The molecule has 4 saturated carbocycles. The maximum atomic E-state index is 12.3. The fraction of sp³-hybridized carbons (Fsp3) is 0.762. The van der Waals surface area contributed by atoms with Gasteiger partial charge < -0.3 is 10.1 Å². The maximum Gasteiger partial charge on any atom is 0.327 e. The molecule has 0 amide bonds. The van der Waals surface area contributed by atoms with Crippen LogP contribution in [0, 0.1) is 29.6 Å². The fourth-order valence-corrected chi connectivity index (χ4v) is 7.36. The van der Waals surface area contributed by atoms with Crippen molar-refractivity contribution in [2.45, 2.75) is 63.7 Å². The fourth-order valence-electron chi connectivity index (χ4n) is 7.36. The van der Waals surface area contributed by atoms with Gasteiger partial charge in [-0.25, -0.2) is 9.78 Å². The molecule has 4 aliphatic carbocycles. The number of nitrogens with one attached hydrogen (secondary N) is 3. The van der Waals surface area contributed by atoms with E-state index in [9.17, 15) is 14.7 Å². The van der Waals surface area contributed by atoms with E-state index in [1.54, 1.807) is 0 Å². The van der Waals surface area contributed by atoms with Gasteiger partial charge in [-0.3, -0.25) is 14.8 Å². The molecule has 0 radical (unpaired) electrons. The molecule has 4 fully saturated rings. The number of fused-ring (bicyclic) bond motifs is 1. The molecular weight excluding hydrogens is 356 g/mol. The number of aliphatic hydroxyl groups is 1. The van der Waals surface area contributed by atoms with Crippen molar-refractivity contribution >= 4 is 11.2 Å². The first-order valence-corrected chi connectivity index (χ1v) is 10.9. The molecule has 6 atom stereocenters. The minimum Gasteiger partial charge on any atom is -0.396 e. The lowest BCUT2D eigenvalue weighted by molar-refractivity contribution is 0.0922. The molecule has 28 heavy (non-hydrogen) atoms. The zero-order chi connectivity index (χ0) is 19.5. The predicted molar refractivity (Wildman–Crippen MR) is 106 cm³/mol. The number of hydrogen-bond donors (Lipinski definition) is 4. The van der Waals surface area contributed by atoms with Crippen LogP contribution in [0.15, 0.2) is 9.59 Å². The van der Waals surface area contributed by atoms with Gasteiger partial charge in [-0.2, -0.15) is 0 Å². The molecule has 0 aliphatic heterocycles. The number of unbranched alkanes of at least 4 members (excludes halogenated alkanes) is 1. The highest BCUT2D eigenvalue weighted by Gasteiger charge is 2.67. The van der Waals surface area contributed by atoms with Gasteiger partial charge in [0.1, 0.15) is 11.3 Å². The molecule has 2 aromatic rings. The highest BCUT2D eigenvalue weighted by atomic mass is 16.3. The second-order valence-corrected chi connectivity index (χ2v) is 9.34. The van der Waals surface area contributed by atoms with Gasteiger partial charge in [0, 0.05) is 12.0 Å². The molecule has 6 unspecified atom stereocenters. The largest absolute Gasteiger partial charge is 0.396 e. The number of aromatic amines is 3. The molecule has 0 spiro atoms. The number of aliphatic hydroxyl groups excluding tert-OH is 1. The molecule has 0 aromatic carbocycles. The van der Waals surface area contributed by atoms with E-state index in [1.807, 2.05) is 0 Å². The number of nitrogens with zero attached hydrogens (tertiary/aromatic N) is 1. The quantitative estimate of drug-likeness (QED) is 0.585. The minimum atomic E-state index is -0.519. The SMILES string of the molecule is CCCCC1C2CC3CC1C(CCCO)(c1nc4[nH]c(=O)[nH]c(=O)c4[nH]1)C2C3. The van der Waals surface area contributed by atoms with Crippen molar-refractivity contribution in [2.75, 3.05) is 6.61 Å². The highest BCUT2D eigenvalue weighted by molar-refractivity contribution is 5.69. The summed E-state index contributed by atoms with van der Waals surface area (Å²) in [4.78, 5) is 37.1. The van der Waals surface area contributed by atoms with Crippen LogP contribution in [-0.2, 0) is 5.41 Å². The number of hydrogen-bond acceptors (Lipinski definition) is 4. The van der Waals surface area contributed by atoms with E-state index >= 15 is 0 Å². The van der Waals surface area contributed by atoms with Crippen LogP contribution in [-0.4, -0.2) is 31.6 Å². The van der Waals surface area contributed by atoms with Crippen molar-refractivity contribution < 1.29 is 5.11 Å². The molecule has 0 saturated heterocycles. The average Bonchev–Trinajstić information content (AvgIpc) is 3.28. The first-order chi connectivity index (χ1) is 13.6. The van der Waals surface area contributed by atoms with Crippen LogP contribution in [0.3, 0.4) is 0 Å². The third-order valence-corrected chi connectivity index (χ3v) is 8.16. The molecule has 7 nitrogen and oxygen atoms in total. The van der Waals surface area contributed by atoms with Crippen LogP contribution in [0.25, 0.3) is 11.2 Å². The van der Waals surface area contributed by atoms with Crippen LogP contribution < -0.4 is 11.2 Å². The summed E-state index contributed by atoms with van der Waals surface area (Å²) in [6, 6.07) is 0. The Bertz CT molecular complexity index is 991. The lowest BCUT2D eigenvalue weighted by Gasteiger charge is -2.45. The molecule has 7 heteroatoms.